The molecule has 3 heteroatoms. The van der Waals surface area contributed by atoms with Crippen molar-refractivity contribution < 1.29 is 4.42 Å². The highest BCUT2D eigenvalue weighted by Gasteiger charge is 2.33. The van der Waals surface area contributed by atoms with Crippen molar-refractivity contribution in [2.24, 2.45) is 5.92 Å². The zero-order valence-corrected chi connectivity index (χ0v) is 13.6. The van der Waals surface area contributed by atoms with Crippen LogP contribution in [0, 0.1) is 5.92 Å². The second kappa shape index (κ2) is 6.97. The van der Waals surface area contributed by atoms with Crippen molar-refractivity contribution in [2.45, 2.75) is 77.5 Å². The summed E-state index contributed by atoms with van der Waals surface area (Å²) < 4.78 is 5.70. The third-order valence-electron chi connectivity index (χ3n) is 5.24. The average molecular weight is 290 g/mol. The van der Waals surface area contributed by atoms with Crippen molar-refractivity contribution >= 4 is 0 Å². The number of fused-ring (bicyclic) bond motifs is 1. The molecule has 0 aromatic carbocycles. The number of likely N-dealkylation sites (tertiary alicyclic amines) is 1. The van der Waals surface area contributed by atoms with Gasteiger partial charge in [0.2, 0.25) is 0 Å². The monoisotopic (exact) mass is 290 g/mol. The predicted molar refractivity (Wildman–Crippen MR) is 86.1 cm³/mol. The van der Waals surface area contributed by atoms with E-state index in [-0.39, 0.29) is 0 Å². The van der Waals surface area contributed by atoms with Crippen molar-refractivity contribution in [2.75, 3.05) is 6.54 Å². The molecule has 3 rings (SSSR count). The number of furan rings is 1. The molecule has 21 heavy (non-hydrogen) atoms. The Bertz CT molecular complexity index is 438. The van der Waals surface area contributed by atoms with Crippen molar-refractivity contribution in [1.29, 1.82) is 0 Å². The van der Waals surface area contributed by atoms with Gasteiger partial charge in [-0.2, -0.15) is 0 Å². The third kappa shape index (κ3) is 3.70. The molecule has 1 aliphatic heterocycles. The highest BCUT2D eigenvalue weighted by molar-refractivity contribution is 5.17. The van der Waals surface area contributed by atoms with Gasteiger partial charge in [-0.25, -0.2) is 0 Å². The maximum absolute atomic E-state index is 5.70. The lowest BCUT2D eigenvalue weighted by Crippen LogP contribution is -2.46. The molecule has 0 spiro atoms. The van der Waals surface area contributed by atoms with E-state index >= 15 is 0 Å². The smallest absolute Gasteiger partial charge is 0.122 e. The Morgan fingerprint density at radius 1 is 1.24 bits per heavy atom. The summed E-state index contributed by atoms with van der Waals surface area (Å²) >= 11 is 0. The van der Waals surface area contributed by atoms with Gasteiger partial charge in [-0.05, 0) is 44.2 Å². The predicted octanol–water partition coefficient (Wildman–Crippen LogP) is 3.93. The minimum Gasteiger partial charge on any atom is -0.468 e. The lowest BCUT2D eigenvalue weighted by molar-refractivity contribution is 0.0542. The summed E-state index contributed by atoms with van der Waals surface area (Å²) in [4.78, 5) is 2.73. The molecule has 1 N–H and O–H groups in total. The van der Waals surface area contributed by atoms with Gasteiger partial charge in [0.15, 0.2) is 0 Å². The van der Waals surface area contributed by atoms with Crippen molar-refractivity contribution in [3.63, 3.8) is 0 Å². The molecule has 1 saturated heterocycles. The highest BCUT2D eigenvalue weighted by Crippen LogP contribution is 2.36. The summed E-state index contributed by atoms with van der Waals surface area (Å²) in [6.45, 7) is 7.55. The van der Waals surface area contributed by atoms with Crippen LogP contribution in [0.15, 0.2) is 16.7 Å². The molecule has 1 saturated carbocycles. The van der Waals surface area contributed by atoms with E-state index < -0.39 is 0 Å². The Labute approximate surface area is 129 Å². The van der Waals surface area contributed by atoms with Gasteiger partial charge < -0.3 is 9.73 Å². The van der Waals surface area contributed by atoms with E-state index in [2.05, 4.69) is 30.1 Å². The Hall–Kier alpha value is -0.800. The molecule has 1 aromatic rings. The van der Waals surface area contributed by atoms with E-state index in [9.17, 15) is 0 Å². The van der Waals surface area contributed by atoms with Crippen LogP contribution >= 0.6 is 0 Å². The lowest BCUT2D eigenvalue weighted by Gasteiger charge is -2.44. The molecular weight excluding hydrogens is 260 g/mol. The summed E-state index contributed by atoms with van der Waals surface area (Å²) in [5.74, 6) is 2.08. The summed E-state index contributed by atoms with van der Waals surface area (Å²) in [5.41, 5.74) is 1.38. The highest BCUT2D eigenvalue weighted by atomic mass is 16.3. The topological polar surface area (TPSA) is 28.4 Å². The molecule has 2 fully saturated rings. The average Bonchev–Trinajstić information content (AvgIpc) is 2.93. The standard InChI is InChI=1S/C18H30N2O/c1-14(2)19-12-18-16(9-11-21-18)13-20-10-5-7-15-6-3-4-8-17(15)20/h9,11,14-15,17,19H,3-8,10,12-13H2,1-2H3/t15-,17-/m1/s1. The Morgan fingerprint density at radius 3 is 2.90 bits per heavy atom. The number of hydrogen-bond acceptors (Lipinski definition) is 3. The number of nitrogens with zero attached hydrogens (tertiary/aromatic N) is 1. The van der Waals surface area contributed by atoms with Crippen LogP contribution in [0.2, 0.25) is 0 Å². The second-order valence-corrected chi connectivity index (χ2v) is 7.13. The minimum atomic E-state index is 0.501. The van der Waals surface area contributed by atoms with Crippen LogP contribution in [-0.2, 0) is 13.1 Å². The molecule has 0 radical (unpaired) electrons. The van der Waals surface area contributed by atoms with E-state index in [4.69, 9.17) is 4.42 Å². The first kappa shape index (κ1) is 15.1. The third-order valence-corrected chi connectivity index (χ3v) is 5.24. The Balaban J connectivity index is 1.64. The summed E-state index contributed by atoms with van der Waals surface area (Å²) in [6.07, 6.45) is 10.4. The molecule has 3 nitrogen and oxygen atoms in total. The van der Waals surface area contributed by atoms with E-state index in [1.54, 1.807) is 0 Å². The lowest BCUT2D eigenvalue weighted by atomic mass is 9.78. The fourth-order valence-corrected chi connectivity index (χ4v) is 4.10. The molecule has 0 amide bonds. The van der Waals surface area contributed by atoms with Gasteiger partial charge in [-0.1, -0.05) is 26.7 Å². The van der Waals surface area contributed by atoms with E-state index in [0.717, 1.165) is 30.8 Å². The minimum absolute atomic E-state index is 0.501. The van der Waals surface area contributed by atoms with Gasteiger partial charge in [0, 0.05) is 24.2 Å². The molecular formula is C18H30N2O. The maximum atomic E-state index is 5.70. The van der Waals surface area contributed by atoms with Crippen LogP contribution in [0.5, 0.6) is 0 Å². The zero-order valence-electron chi connectivity index (χ0n) is 13.6. The molecule has 1 aliphatic carbocycles. The van der Waals surface area contributed by atoms with Crippen LogP contribution in [0.1, 0.15) is 63.7 Å². The van der Waals surface area contributed by atoms with Crippen molar-refractivity contribution in [3.8, 4) is 0 Å². The Kier molecular flexibility index (Phi) is 5.02. The number of hydrogen-bond donors (Lipinski definition) is 1. The quantitative estimate of drug-likeness (QED) is 0.890. The van der Waals surface area contributed by atoms with Crippen molar-refractivity contribution in [3.05, 3.63) is 23.7 Å². The summed E-state index contributed by atoms with van der Waals surface area (Å²) in [7, 11) is 0. The van der Waals surface area contributed by atoms with Gasteiger partial charge in [-0.15, -0.1) is 0 Å². The first-order valence-corrected chi connectivity index (χ1v) is 8.76. The normalized spacial score (nSPS) is 27.0. The Morgan fingerprint density at radius 2 is 2.05 bits per heavy atom. The van der Waals surface area contributed by atoms with Crippen LogP contribution in [0.3, 0.4) is 0 Å². The largest absolute Gasteiger partial charge is 0.468 e. The van der Waals surface area contributed by atoms with Crippen LogP contribution in [0.25, 0.3) is 0 Å². The summed E-state index contributed by atoms with van der Waals surface area (Å²) in [5, 5.41) is 3.47. The molecule has 0 bridgehead atoms. The molecule has 118 valence electrons. The fourth-order valence-electron chi connectivity index (χ4n) is 4.10. The van der Waals surface area contributed by atoms with Gasteiger partial charge in [0.05, 0.1) is 12.8 Å². The second-order valence-electron chi connectivity index (χ2n) is 7.13. The molecule has 2 atom stereocenters. The van der Waals surface area contributed by atoms with E-state index in [1.165, 1.54) is 50.6 Å². The first-order valence-electron chi connectivity index (χ1n) is 8.76. The van der Waals surface area contributed by atoms with Crippen LogP contribution in [-0.4, -0.2) is 23.5 Å². The van der Waals surface area contributed by atoms with Crippen molar-refractivity contribution in [1.82, 2.24) is 10.2 Å². The first-order chi connectivity index (χ1) is 10.2. The molecule has 1 aromatic heterocycles. The maximum Gasteiger partial charge on any atom is 0.122 e. The van der Waals surface area contributed by atoms with Gasteiger partial charge >= 0.3 is 0 Å². The fraction of sp³-hybridized carbons (Fsp3) is 0.778. The van der Waals surface area contributed by atoms with Crippen LogP contribution in [0.4, 0.5) is 0 Å². The van der Waals surface area contributed by atoms with Gasteiger partial charge in [-0.3, -0.25) is 4.90 Å². The van der Waals surface area contributed by atoms with Gasteiger partial charge in [0.25, 0.3) is 0 Å². The molecule has 0 unspecified atom stereocenters. The number of nitrogens with one attached hydrogen (secondary N) is 1. The molecule has 2 aliphatic rings. The number of piperidine rings is 1. The van der Waals surface area contributed by atoms with E-state index in [0.29, 0.717) is 6.04 Å². The summed E-state index contributed by atoms with van der Waals surface area (Å²) in [6, 6.07) is 3.50. The van der Waals surface area contributed by atoms with Crippen LogP contribution < -0.4 is 5.32 Å². The SMILES string of the molecule is CC(C)NCc1occc1CN1CCC[C@H]2CCCC[C@H]21. The number of rotatable bonds is 5. The zero-order chi connectivity index (χ0) is 14.7. The van der Waals surface area contributed by atoms with E-state index in [1.807, 2.05) is 6.26 Å². The molecule has 2 heterocycles. The van der Waals surface area contributed by atoms with Gasteiger partial charge in [0.1, 0.15) is 5.76 Å².